The van der Waals surface area contributed by atoms with Crippen molar-refractivity contribution in [1.29, 1.82) is 0 Å². The van der Waals surface area contributed by atoms with E-state index in [1.807, 2.05) is 0 Å². The smallest absolute Gasteiger partial charge is 0.329 e. The van der Waals surface area contributed by atoms with Gasteiger partial charge in [-0.15, -0.1) is 0 Å². The second kappa shape index (κ2) is 9.55. The highest BCUT2D eigenvalue weighted by atomic mass is 16.5. The molecule has 1 aliphatic rings. The Morgan fingerprint density at radius 1 is 1.10 bits per heavy atom. The summed E-state index contributed by atoms with van der Waals surface area (Å²) in [4.78, 5) is 34.0. The molecule has 2 aromatic carbocycles. The molecule has 1 fully saturated rings. The molecule has 0 heterocycles. The van der Waals surface area contributed by atoms with Crippen molar-refractivity contribution in [3.05, 3.63) is 59.2 Å². The molecule has 0 spiro atoms. The van der Waals surface area contributed by atoms with Crippen LogP contribution in [0, 0.1) is 0 Å². The Morgan fingerprint density at radius 3 is 2.47 bits per heavy atom. The zero-order valence-electron chi connectivity index (χ0n) is 16.2. The number of ether oxygens (including phenoxy) is 2. The third-order valence-corrected chi connectivity index (χ3v) is 4.27. The fourth-order valence-corrected chi connectivity index (χ4v) is 2.48. The number of hydrogen-bond acceptors (Lipinski definition) is 7. The fraction of sp³-hybridized carbons (Fsp3) is 0.238. The molecule has 0 unspecified atom stereocenters. The molecule has 1 aliphatic carbocycles. The SMILES string of the molecule is COc1cc(/C=N\NC(=O)C(=O)NC2CC2)ccc1OCc1ccc(C(=O)[O-])cc1. The number of hydrogen-bond donors (Lipinski definition) is 2. The normalized spacial score (nSPS) is 13.0. The Kier molecular flexibility index (Phi) is 6.63. The first-order chi connectivity index (χ1) is 14.5. The number of carboxylic acid groups (broad SMARTS) is 1. The van der Waals surface area contributed by atoms with Crippen molar-refractivity contribution in [1.82, 2.24) is 10.7 Å². The van der Waals surface area contributed by atoms with E-state index in [-0.39, 0.29) is 18.2 Å². The van der Waals surface area contributed by atoms with Crippen LogP contribution >= 0.6 is 0 Å². The van der Waals surface area contributed by atoms with Gasteiger partial charge in [-0.3, -0.25) is 9.59 Å². The largest absolute Gasteiger partial charge is 0.545 e. The summed E-state index contributed by atoms with van der Waals surface area (Å²) in [6.07, 6.45) is 3.16. The van der Waals surface area contributed by atoms with E-state index in [0.29, 0.717) is 17.1 Å². The fourth-order valence-electron chi connectivity index (χ4n) is 2.48. The minimum absolute atomic E-state index is 0.0937. The number of nitrogens with one attached hydrogen (secondary N) is 2. The number of nitrogens with zero attached hydrogens (tertiary/aromatic N) is 1. The van der Waals surface area contributed by atoms with Gasteiger partial charge in [0.05, 0.1) is 19.3 Å². The lowest BCUT2D eigenvalue weighted by atomic mass is 10.1. The second-order valence-electron chi connectivity index (χ2n) is 6.63. The Morgan fingerprint density at radius 2 is 1.83 bits per heavy atom. The number of aromatic carboxylic acids is 1. The average molecular weight is 410 g/mol. The van der Waals surface area contributed by atoms with Gasteiger partial charge in [0.25, 0.3) is 0 Å². The van der Waals surface area contributed by atoms with Gasteiger partial charge in [-0.1, -0.05) is 24.3 Å². The van der Waals surface area contributed by atoms with E-state index in [0.717, 1.165) is 18.4 Å². The number of rotatable bonds is 8. The van der Waals surface area contributed by atoms with Crippen LogP contribution in [0.15, 0.2) is 47.6 Å². The Bertz CT molecular complexity index is 967. The highest BCUT2D eigenvalue weighted by molar-refractivity contribution is 6.35. The molecule has 30 heavy (non-hydrogen) atoms. The molecule has 9 heteroatoms. The molecule has 2 N–H and O–H groups in total. The lowest BCUT2D eigenvalue weighted by molar-refractivity contribution is -0.255. The Balaban J connectivity index is 1.56. The standard InChI is InChI=1S/C21H21N3O6/c1-29-18-10-14(11-22-24-20(26)19(25)23-16-7-8-16)4-9-17(18)30-12-13-2-5-15(6-3-13)21(27)28/h2-6,9-11,16H,7-8,12H2,1H3,(H,23,25)(H,24,26)(H,27,28)/p-1/b22-11-. The van der Waals surface area contributed by atoms with Gasteiger partial charge >= 0.3 is 11.8 Å². The van der Waals surface area contributed by atoms with Crippen LogP contribution in [-0.4, -0.2) is 37.1 Å². The summed E-state index contributed by atoms with van der Waals surface area (Å²) in [5.74, 6) is -1.84. The molecule has 2 amide bonds. The maximum atomic E-state index is 11.6. The number of carbonyl (C=O) groups is 3. The third-order valence-electron chi connectivity index (χ3n) is 4.27. The van der Waals surface area contributed by atoms with Gasteiger partial charge in [0.1, 0.15) is 6.61 Å². The minimum Gasteiger partial charge on any atom is -0.545 e. The number of carbonyl (C=O) groups excluding carboxylic acids is 3. The van der Waals surface area contributed by atoms with Gasteiger partial charge in [-0.25, -0.2) is 5.43 Å². The first-order valence-corrected chi connectivity index (χ1v) is 9.21. The van der Waals surface area contributed by atoms with Crippen molar-refractivity contribution < 1.29 is 29.0 Å². The predicted molar refractivity (Wildman–Crippen MR) is 105 cm³/mol. The van der Waals surface area contributed by atoms with E-state index in [9.17, 15) is 19.5 Å². The van der Waals surface area contributed by atoms with Gasteiger partial charge in [0.15, 0.2) is 11.5 Å². The molecule has 0 aromatic heterocycles. The molecule has 9 nitrogen and oxygen atoms in total. The molecular weight excluding hydrogens is 390 g/mol. The van der Waals surface area contributed by atoms with E-state index < -0.39 is 17.8 Å². The van der Waals surface area contributed by atoms with Crippen LogP contribution in [0.3, 0.4) is 0 Å². The van der Waals surface area contributed by atoms with E-state index in [1.54, 1.807) is 30.3 Å². The van der Waals surface area contributed by atoms with Gasteiger partial charge in [0, 0.05) is 6.04 Å². The highest BCUT2D eigenvalue weighted by Crippen LogP contribution is 2.28. The van der Waals surface area contributed by atoms with Crippen LogP contribution in [0.2, 0.25) is 0 Å². The van der Waals surface area contributed by atoms with E-state index in [1.165, 1.54) is 25.5 Å². The zero-order valence-corrected chi connectivity index (χ0v) is 16.2. The van der Waals surface area contributed by atoms with Crippen molar-refractivity contribution >= 4 is 24.0 Å². The molecule has 3 rings (SSSR count). The predicted octanol–water partition coefficient (Wildman–Crippen LogP) is 0.366. The van der Waals surface area contributed by atoms with E-state index in [2.05, 4.69) is 15.8 Å². The molecule has 0 saturated heterocycles. The molecule has 0 aliphatic heterocycles. The number of methoxy groups -OCH3 is 1. The summed E-state index contributed by atoms with van der Waals surface area (Å²) in [5.41, 5.74) is 3.67. The number of amides is 2. The Hall–Kier alpha value is -3.88. The maximum absolute atomic E-state index is 11.6. The monoisotopic (exact) mass is 410 g/mol. The zero-order chi connectivity index (χ0) is 21.5. The van der Waals surface area contributed by atoms with Crippen molar-refractivity contribution in [2.45, 2.75) is 25.5 Å². The van der Waals surface area contributed by atoms with Crippen LogP contribution in [0.1, 0.15) is 34.3 Å². The van der Waals surface area contributed by atoms with Crippen LogP contribution in [0.25, 0.3) is 0 Å². The molecular formula is C21H20N3O6-. The first kappa shape index (κ1) is 20.8. The molecule has 156 valence electrons. The summed E-state index contributed by atoms with van der Waals surface area (Å²) in [6.45, 7) is 0.212. The summed E-state index contributed by atoms with van der Waals surface area (Å²) in [5, 5.41) is 17.1. The van der Waals surface area contributed by atoms with Crippen molar-refractivity contribution in [2.75, 3.05) is 7.11 Å². The van der Waals surface area contributed by atoms with Crippen LogP contribution < -0.4 is 25.3 Å². The summed E-state index contributed by atoms with van der Waals surface area (Å²) < 4.78 is 11.0. The lowest BCUT2D eigenvalue weighted by Gasteiger charge is -2.12. The lowest BCUT2D eigenvalue weighted by Crippen LogP contribution is -2.38. The topological polar surface area (TPSA) is 129 Å². The van der Waals surface area contributed by atoms with E-state index in [4.69, 9.17) is 9.47 Å². The van der Waals surface area contributed by atoms with Crippen molar-refractivity contribution in [2.24, 2.45) is 5.10 Å². The quantitative estimate of drug-likeness (QED) is 0.367. The third kappa shape index (κ3) is 5.81. The highest BCUT2D eigenvalue weighted by Gasteiger charge is 2.26. The number of benzene rings is 2. The molecule has 0 bridgehead atoms. The van der Waals surface area contributed by atoms with Gasteiger partial charge in [-0.05, 0) is 47.7 Å². The summed E-state index contributed by atoms with van der Waals surface area (Å²) in [7, 11) is 1.49. The van der Waals surface area contributed by atoms with Crippen LogP contribution in [0.4, 0.5) is 0 Å². The van der Waals surface area contributed by atoms with Crippen LogP contribution in [0.5, 0.6) is 11.5 Å². The van der Waals surface area contributed by atoms with E-state index >= 15 is 0 Å². The first-order valence-electron chi connectivity index (χ1n) is 9.21. The summed E-state index contributed by atoms with van der Waals surface area (Å²) >= 11 is 0. The van der Waals surface area contributed by atoms with Gasteiger partial charge < -0.3 is 24.7 Å². The van der Waals surface area contributed by atoms with Crippen molar-refractivity contribution in [3.8, 4) is 11.5 Å². The van der Waals surface area contributed by atoms with Gasteiger partial charge in [-0.2, -0.15) is 5.10 Å². The number of carboxylic acids is 1. The molecule has 0 atom stereocenters. The van der Waals surface area contributed by atoms with Gasteiger partial charge in [0.2, 0.25) is 0 Å². The second-order valence-corrected chi connectivity index (χ2v) is 6.63. The number of hydrazone groups is 1. The minimum atomic E-state index is -1.24. The van der Waals surface area contributed by atoms with Crippen LogP contribution in [-0.2, 0) is 16.2 Å². The van der Waals surface area contributed by atoms with Crippen molar-refractivity contribution in [3.63, 3.8) is 0 Å². The molecule has 2 aromatic rings. The molecule has 1 saturated carbocycles. The summed E-state index contributed by atoms with van der Waals surface area (Å²) in [6, 6.07) is 11.3. The maximum Gasteiger partial charge on any atom is 0.329 e. The average Bonchev–Trinajstić information content (AvgIpc) is 3.56. The molecule has 0 radical (unpaired) electrons. The Labute approximate surface area is 172 Å².